The highest BCUT2D eigenvalue weighted by Crippen LogP contribution is 2.35. The first-order chi connectivity index (χ1) is 10.4. The van der Waals surface area contributed by atoms with Crippen LogP contribution in [-0.2, 0) is 16.6 Å². The van der Waals surface area contributed by atoms with Crippen LogP contribution in [0.25, 0.3) is 0 Å². The summed E-state index contributed by atoms with van der Waals surface area (Å²) in [5.41, 5.74) is 2.51. The maximum Gasteiger partial charge on any atom is 0.273 e. The zero-order chi connectivity index (χ0) is 15.9. The Kier molecular flexibility index (Phi) is 4.20. The van der Waals surface area contributed by atoms with E-state index >= 15 is 0 Å². The van der Waals surface area contributed by atoms with Crippen LogP contribution >= 0.6 is 22.9 Å². The Morgan fingerprint density at radius 3 is 2.77 bits per heavy atom. The van der Waals surface area contributed by atoms with Crippen molar-refractivity contribution in [2.75, 3.05) is 10.8 Å². The van der Waals surface area contributed by atoms with Gasteiger partial charge in [-0.25, -0.2) is 8.42 Å². The van der Waals surface area contributed by atoms with Gasteiger partial charge in [-0.3, -0.25) is 4.31 Å². The Morgan fingerprint density at radius 1 is 1.36 bits per heavy atom. The smallest absolute Gasteiger partial charge is 0.273 e. The molecule has 0 saturated carbocycles. The van der Waals surface area contributed by atoms with Crippen LogP contribution in [0, 0.1) is 6.92 Å². The number of rotatable bonds is 2. The molecule has 1 aliphatic heterocycles. The molecule has 0 amide bonds. The van der Waals surface area contributed by atoms with E-state index in [1.165, 1.54) is 4.31 Å². The molecule has 4 nitrogen and oxygen atoms in total. The van der Waals surface area contributed by atoms with Gasteiger partial charge in [0, 0.05) is 19.1 Å². The van der Waals surface area contributed by atoms with Gasteiger partial charge in [0.25, 0.3) is 10.0 Å². The molecule has 0 fully saturated rings. The van der Waals surface area contributed by atoms with Crippen molar-refractivity contribution < 1.29 is 8.42 Å². The number of para-hydroxylation sites is 1. The third kappa shape index (κ3) is 2.76. The number of sulfonamides is 1. The number of hydrogen-bond donors (Lipinski definition) is 1. The van der Waals surface area contributed by atoms with Crippen LogP contribution in [0.5, 0.6) is 0 Å². The van der Waals surface area contributed by atoms with Gasteiger partial charge in [-0.2, -0.15) is 0 Å². The minimum Gasteiger partial charge on any atom is -0.308 e. The first-order valence-corrected chi connectivity index (χ1v) is 9.63. The standard InChI is InChI=1S/C15H17ClN2O2S2/c1-10-7-14(21-15(10)16)22(19,20)18-9-11(2)17-8-12-5-3-4-6-13(12)18/h3-7,11,17H,8-9H2,1-2H3. The van der Waals surface area contributed by atoms with Gasteiger partial charge < -0.3 is 5.32 Å². The van der Waals surface area contributed by atoms with E-state index < -0.39 is 10.0 Å². The lowest BCUT2D eigenvalue weighted by Gasteiger charge is -2.25. The van der Waals surface area contributed by atoms with E-state index in [0.29, 0.717) is 21.6 Å². The molecular formula is C15H17ClN2O2S2. The molecule has 0 bridgehead atoms. The summed E-state index contributed by atoms with van der Waals surface area (Å²) in [7, 11) is -3.61. The summed E-state index contributed by atoms with van der Waals surface area (Å²) in [6.07, 6.45) is 0. The summed E-state index contributed by atoms with van der Waals surface area (Å²) in [6.45, 7) is 4.86. The molecule has 0 saturated heterocycles. The van der Waals surface area contributed by atoms with Gasteiger partial charge in [-0.05, 0) is 37.1 Å². The molecule has 7 heteroatoms. The first-order valence-electron chi connectivity index (χ1n) is 6.99. The van der Waals surface area contributed by atoms with Crippen molar-refractivity contribution >= 4 is 38.6 Å². The number of fused-ring (bicyclic) bond motifs is 1. The second-order valence-electron chi connectivity index (χ2n) is 5.47. The minimum atomic E-state index is -3.61. The largest absolute Gasteiger partial charge is 0.308 e. The van der Waals surface area contributed by atoms with Gasteiger partial charge >= 0.3 is 0 Å². The molecule has 1 atom stereocenters. The predicted molar refractivity (Wildman–Crippen MR) is 91.3 cm³/mol. The lowest BCUT2D eigenvalue weighted by molar-refractivity contribution is 0.557. The van der Waals surface area contributed by atoms with E-state index in [4.69, 9.17) is 11.6 Å². The number of halogens is 1. The van der Waals surface area contributed by atoms with Crippen LogP contribution < -0.4 is 9.62 Å². The Morgan fingerprint density at radius 2 is 2.09 bits per heavy atom. The van der Waals surface area contributed by atoms with Crippen molar-refractivity contribution in [1.29, 1.82) is 0 Å². The van der Waals surface area contributed by atoms with Gasteiger partial charge in [0.05, 0.1) is 10.0 Å². The molecule has 0 aliphatic carbocycles. The SMILES string of the molecule is Cc1cc(S(=O)(=O)N2CC(C)NCc3ccccc32)sc1Cl. The quantitative estimate of drug-likeness (QED) is 0.897. The summed E-state index contributed by atoms with van der Waals surface area (Å²) in [4.78, 5) is 0. The van der Waals surface area contributed by atoms with Gasteiger partial charge in [0.2, 0.25) is 0 Å². The molecule has 1 aromatic heterocycles. The molecule has 0 radical (unpaired) electrons. The van der Waals surface area contributed by atoms with E-state index in [9.17, 15) is 8.42 Å². The van der Waals surface area contributed by atoms with E-state index in [0.717, 1.165) is 28.2 Å². The number of hydrogen-bond acceptors (Lipinski definition) is 4. The van der Waals surface area contributed by atoms with E-state index in [1.807, 2.05) is 38.1 Å². The highest BCUT2D eigenvalue weighted by atomic mass is 35.5. The number of aryl methyl sites for hydroxylation is 1. The van der Waals surface area contributed by atoms with Gasteiger partial charge in [0.1, 0.15) is 4.21 Å². The zero-order valence-corrected chi connectivity index (χ0v) is 14.7. The van der Waals surface area contributed by atoms with E-state index in [2.05, 4.69) is 5.32 Å². The number of thiophene rings is 1. The minimum absolute atomic E-state index is 0.0682. The fraction of sp³-hybridized carbons (Fsp3) is 0.333. The molecular weight excluding hydrogens is 340 g/mol. The Hall–Kier alpha value is -1.08. The zero-order valence-electron chi connectivity index (χ0n) is 12.3. The van der Waals surface area contributed by atoms with Crippen molar-refractivity contribution in [3.05, 3.63) is 45.8 Å². The van der Waals surface area contributed by atoms with Gasteiger partial charge in [-0.1, -0.05) is 29.8 Å². The lowest BCUT2D eigenvalue weighted by Crippen LogP contribution is -2.39. The van der Waals surface area contributed by atoms with Crippen LogP contribution in [-0.4, -0.2) is 21.0 Å². The number of benzene rings is 1. The fourth-order valence-corrected chi connectivity index (χ4v) is 5.91. The van der Waals surface area contributed by atoms with E-state index in [-0.39, 0.29) is 6.04 Å². The number of nitrogens with zero attached hydrogens (tertiary/aromatic N) is 1. The third-order valence-electron chi connectivity index (χ3n) is 3.72. The molecule has 3 rings (SSSR count). The van der Waals surface area contributed by atoms with Crippen LogP contribution in [0.15, 0.2) is 34.5 Å². The molecule has 1 aromatic carbocycles. The van der Waals surface area contributed by atoms with Crippen LogP contribution in [0.2, 0.25) is 4.34 Å². The van der Waals surface area contributed by atoms with E-state index in [1.54, 1.807) is 6.07 Å². The monoisotopic (exact) mass is 356 g/mol. The highest BCUT2D eigenvalue weighted by Gasteiger charge is 2.31. The summed E-state index contributed by atoms with van der Waals surface area (Å²) in [6, 6.07) is 9.31. The van der Waals surface area contributed by atoms with Crippen molar-refractivity contribution in [3.63, 3.8) is 0 Å². The predicted octanol–water partition coefficient (Wildman–Crippen LogP) is 3.40. The fourth-order valence-electron chi connectivity index (χ4n) is 2.49. The van der Waals surface area contributed by atoms with Crippen LogP contribution in [0.1, 0.15) is 18.1 Å². The molecule has 1 N–H and O–H groups in total. The number of anilines is 1. The average molecular weight is 357 g/mol. The van der Waals surface area contributed by atoms with Gasteiger partial charge in [0.15, 0.2) is 0 Å². The van der Waals surface area contributed by atoms with Crippen molar-refractivity contribution in [2.45, 2.75) is 30.6 Å². The van der Waals surface area contributed by atoms with Crippen molar-refractivity contribution in [1.82, 2.24) is 5.32 Å². The molecule has 0 spiro atoms. The molecule has 2 heterocycles. The molecule has 1 aliphatic rings. The molecule has 22 heavy (non-hydrogen) atoms. The molecule has 1 unspecified atom stereocenters. The maximum atomic E-state index is 13.1. The Balaban J connectivity index is 2.12. The Labute approximate surface area is 139 Å². The lowest BCUT2D eigenvalue weighted by atomic mass is 10.2. The highest BCUT2D eigenvalue weighted by molar-refractivity contribution is 7.94. The summed E-state index contributed by atoms with van der Waals surface area (Å²) < 4.78 is 28.4. The van der Waals surface area contributed by atoms with Crippen LogP contribution in [0.3, 0.4) is 0 Å². The second kappa shape index (κ2) is 5.85. The van der Waals surface area contributed by atoms with Crippen molar-refractivity contribution in [3.8, 4) is 0 Å². The third-order valence-corrected chi connectivity index (χ3v) is 7.50. The van der Waals surface area contributed by atoms with Crippen molar-refractivity contribution in [2.24, 2.45) is 0 Å². The summed E-state index contributed by atoms with van der Waals surface area (Å²) in [5.74, 6) is 0. The first kappa shape index (κ1) is 15.8. The summed E-state index contributed by atoms with van der Waals surface area (Å²) in [5, 5.41) is 3.34. The molecule has 2 aromatic rings. The second-order valence-corrected chi connectivity index (χ2v) is 9.21. The normalized spacial score (nSPS) is 18.9. The summed E-state index contributed by atoms with van der Waals surface area (Å²) >= 11 is 7.17. The average Bonchev–Trinajstić information content (AvgIpc) is 2.73. The number of nitrogens with one attached hydrogen (secondary N) is 1. The Bertz CT molecular complexity index is 782. The molecule has 118 valence electrons. The maximum absolute atomic E-state index is 13.1. The van der Waals surface area contributed by atoms with Gasteiger partial charge in [-0.15, -0.1) is 11.3 Å². The van der Waals surface area contributed by atoms with Crippen LogP contribution in [0.4, 0.5) is 5.69 Å². The topological polar surface area (TPSA) is 49.4 Å².